The van der Waals surface area contributed by atoms with Gasteiger partial charge in [-0.1, -0.05) is 6.07 Å². The molecule has 1 spiro atoms. The Kier molecular flexibility index (Phi) is 2.55. The van der Waals surface area contributed by atoms with E-state index in [2.05, 4.69) is 29.5 Å². The Morgan fingerprint density at radius 2 is 2.05 bits per heavy atom. The molecule has 1 aromatic carbocycles. The summed E-state index contributed by atoms with van der Waals surface area (Å²) >= 11 is 0. The Balaban J connectivity index is 1.87. The molecule has 2 heterocycles. The highest BCUT2D eigenvalue weighted by Crippen LogP contribution is 2.40. The minimum absolute atomic E-state index is 0.172. The summed E-state index contributed by atoms with van der Waals surface area (Å²) in [5, 5.41) is 9.11. The first-order chi connectivity index (χ1) is 9.83. The number of hydrogen-bond donors (Lipinski definition) is 1. The molecule has 20 heavy (non-hydrogen) atoms. The highest BCUT2D eigenvalue weighted by molar-refractivity contribution is 5.52. The van der Waals surface area contributed by atoms with E-state index in [1.807, 2.05) is 12.3 Å². The summed E-state index contributed by atoms with van der Waals surface area (Å²) in [6.07, 6.45) is 11.3. The molecule has 2 aliphatic heterocycles. The fraction of sp³-hybridized carbons (Fsp3) is 0.412. The fourth-order valence-corrected chi connectivity index (χ4v) is 4.29. The molecule has 3 aliphatic rings. The fourth-order valence-electron chi connectivity index (χ4n) is 4.29. The van der Waals surface area contributed by atoms with Gasteiger partial charge in [0.15, 0.2) is 6.34 Å². The van der Waals surface area contributed by atoms with E-state index >= 15 is 0 Å². The van der Waals surface area contributed by atoms with Gasteiger partial charge in [0.25, 0.3) is 0 Å². The van der Waals surface area contributed by atoms with Crippen molar-refractivity contribution < 1.29 is 4.90 Å². The standard InChI is InChI=1S/C17H17N3/c18-10-13-5-6-16-14(9-13)3-1-7-17(16)8-2-4-15-11-19-12-20(15)17/h5-6,9,11-12H,1-4,7-8H2/p+1. The van der Waals surface area contributed by atoms with E-state index in [0.29, 0.717) is 0 Å². The lowest BCUT2D eigenvalue weighted by Gasteiger charge is -2.44. The molecule has 0 radical (unpaired) electrons. The molecule has 0 aromatic heterocycles. The van der Waals surface area contributed by atoms with E-state index in [4.69, 9.17) is 5.26 Å². The molecule has 1 saturated heterocycles. The summed E-state index contributed by atoms with van der Waals surface area (Å²) in [7, 11) is 0. The van der Waals surface area contributed by atoms with E-state index in [1.165, 1.54) is 53.8 Å². The quantitative estimate of drug-likeness (QED) is 0.765. The number of rotatable bonds is 0. The maximum absolute atomic E-state index is 9.11. The molecule has 1 aliphatic carbocycles. The first-order valence-electron chi connectivity index (χ1n) is 7.47. The number of piperidine rings is 1. The molecule has 4 rings (SSSR count). The van der Waals surface area contributed by atoms with Crippen molar-refractivity contribution in [2.45, 2.75) is 44.1 Å². The number of nitriles is 1. The number of fused-ring (bicyclic) bond motifs is 4. The zero-order valence-corrected chi connectivity index (χ0v) is 11.5. The molecular formula is C17H18N3+. The highest BCUT2D eigenvalue weighted by atomic mass is 15.3. The summed E-state index contributed by atoms with van der Waals surface area (Å²) < 4.78 is 0. The zero-order valence-electron chi connectivity index (χ0n) is 11.5. The maximum Gasteiger partial charge on any atom is 0.194 e. The lowest BCUT2D eigenvalue weighted by molar-refractivity contribution is -0.836. The van der Waals surface area contributed by atoms with Gasteiger partial charge in [0, 0.05) is 24.8 Å². The molecule has 2 atom stereocenters. The predicted octanol–water partition coefficient (Wildman–Crippen LogP) is 2.04. The monoisotopic (exact) mass is 264 g/mol. The summed E-state index contributed by atoms with van der Waals surface area (Å²) in [6.45, 7) is 0. The molecule has 0 saturated carbocycles. The van der Waals surface area contributed by atoms with Gasteiger partial charge in [-0.05, 0) is 37.0 Å². The van der Waals surface area contributed by atoms with Crippen LogP contribution in [0.15, 0.2) is 35.1 Å². The number of allylic oxidation sites excluding steroid dienone is 1. The number of aliphatic imine (C=N–C) groups is 1. The summed E-state index contributed by atoms with van der Waals surface area (Å²) in [5.74, 6) is 0. The number of aryl methyl sites for hydroxylation is 1. The van der Waals surface area contributed by atoms with Crippen molar-refractivity contribution in [2.24, 2.45) is 4.99 Å². The Hall–Kier alpha value is -1.92. The van der Waals surface area contributed by atoms with E-state index in [0.717, 1.165) is 12.0 Å². The average Bonchev–Trinajstić information content (AvgIpc) is 2.97. The first-order valence-corrected chi connectivity index (χ1v) is 7.47. The van der Waals surface area contributed by atoms with Crippen LogP contribution in [-0.4, -0.2) is 6.34 Å². The van der Waals surface area contributed by atoms with Crippen LogP contribution in [0, 0.1) is 11.3 Å². The molecule has 1 aromatic rings. The molecule has 0 bridgehead atoms. The molecule has 100 valence electrons. The van der Waals surface area contributed by atoms with Crippen molar-refractivity contribution in [1.82, 2.24) is 0 Å². The number of nitrogens with one attached hydrogen (secondary N) is 1. The van der Waals surface area contributed by atoms with Crippen molar-refractivity contribution in [3.8, 4) is 6.07 Å². The molecule has 0 amide bonds. The van der Waals surface area contributed by atoms with Crippen molar-refractivity contribution in [3.63, 3.8) is 0 Å². The molecular weight excluding hydrogens is 246 g/mol. The second kappa shape index (κ2) is 4.29. The third kappa shape index (κ3) is 1.52. The van der Waals surface area contributed by atoms with Gasteiger partial charge in [-0.3, -0.25) is 4.90 Å². The Morgan fingerprint density at radius 1 is 1.20 bits per heavy atom. The average molecular weight is 264 g/mol. The Labute approximate surface area is 119 Å². The van der Waals surface area contributed by atoms with Gasteiger partial charge in [0.2, 0.25) is 0 Å². The second-order valence-electron chi connectivity index (χ2n) is 6.12. The van der Waals surface area contributed by atoms with E-state index in [9.17, 15) is 0 Å². The van der Waals surface area contributed by atoms with Gasteiger partial charge in [0.05, 0.1) is 17.8 Å². The summed E-state index contributed by atoms with van der Waals surface area (Å²) in [5.41, 5.74) is 5.23. The van der Waals surface area contributed by atoms with Crippen molar-refractivity contribution in [2.75, 3.05) is 0 Å². The minimum atomic E-state index is 0.172. The van der Waals surface area contributed by atoms with Crippen LogP contribution in [-0.2, 0) is 12.0 Å². The number of quaternary nitrogens is 1. The third-order valence-corrected chi connectivity index (χ3v) is 5.14. The van der Waals surface area contributed by atoms with E-state index in [-0.39, 0.29) is 5.54 Å². The van der Waals surface area contributed by atoms with Crippen LogP contribution in [0.1, 0.15) is 48.8 Å². The number of nitrogens with zero attached hydrogens (tertiary/aromatic N) is 2. The van der Waals surface area contributed by atoms with Crippen LogP contribution in [0.5, 0.6) is 0 Å². The van der Waals surface area contributed by atoms with Crippen LogP contribution in [0.2, 0.25) is 0 Å². The second-order valence-corrected chi connectivity index (χ2v) is 6.12. The normalized spacial score (nSPS) is 30.6. The molecule has 3 heteroatoms. The molecule has 1 N–H and O–H groups in total. The van der Waals surface area contributed by atoms with Crippen LogP contribution in [0.25, 0.3) is 0 Å². The van der Waals surface area contributed by atoms with Crippen molar-refractivity contribution in [1.29, 1.82) is 5.26 Å². The largest absolute Gasteiger partial charge is 0.254 e. The smallest absolute Gasteiger partial charge is 0.194 e. The van der Waals surface area contributed by atoms with Crippen LogP contribution in [0.3, 0.4) is 0 Å². The Morgan fingerprint density at radius 3 is 2.90 bits per heavy atom. The summed E-state index contributed by atoms with van der Waals surface area (Å²) in [6, 6.07) is 8.55. The predicted molar refractivity (Wildman–Crippen MR) is 77.2 cm³/mol. The minimum Gasteiger partial charge on any atom is -0.254 e. The molecule has 1 fully saturated rings. The topological polar surface area (TPSA) is 40.6 Å². The highest BCUT2D eigenvalue weighted by Gasteiger charge is 2.49. The number of hydrogen-bond acceptors (Lipinski definition) is 2. The molecule has 3 nitrogen and oxygen atoms in total. The first kappa shape index (κ1) is 11.9. The SMILES string of the molecule is N#Cc1ccc2c(c1)CCCC21CCCC2=CN=C[NH+]21. The maximum atomic E-state index is 9.11. The van der Waals surface area contributed by atoms with Crippen molar-refractivity contribution >= 4 is 6.34 Å². The van der Waals surface area contributed by atoms with Crippen molar-refractivity contribution in [3.05, 3.63) is 46.8 Å². The zero-order chi connectivity index (χ0) is 13.6. The lowest BCUT2D eigenvalue weighted by Crippen LogP contribution is -3.16. The summed E-state index contributed by atoms with van der Waals surface area (Å²) in [4.78, 5) is 5.86. The van der Waals surface area contributed by atoms with E-state index in [1.54, 1.807) is 0 Å². The van der Waals surface area contributed by atoms with E-state index < -0.39 is 0 Å². The van der Waals surface area contributed by atoms with Crippen LogP contribution in [0.4, 0.5) is 0 Å². The molecule has 2 unspecified atom stereocenters. The van der Waals surface area contributed by atoms with Gasteiger partial charge in [0.1, 0.15) is 11.2 Å². The van der Waals surface area contributed by atoms with Gasteiger partial charge >= 0.3 is 0 Å². The van der Waals surface area contributed by atoms with Gasteiger partial charge in [-0.15, -0.1) is 0 Å². The Bertz CT molecular complexity index is 665. The van der Waals surface area contributed by atoms with Gasteiger partial charge < -0.3 is 0 Å². The lowest BCUT2D eigenvalue weighted by atomic mass is 9.70. The van der Waals surface area contributed by atoms with Crippen LogP contribution < -0.4 is 4.90 Å². The third-order valence-electron chi connectivity index (χ3n) is 5.14. The van der Waals surface area contributed by atoms with Crippen LogP contribution >= 0.6 is 0 Å². The number of benzene rings is 1. The van der Waals surface area contributed by atoms with Gasteiger partial charge in [-0.2, -0.15) is 5.26 Å². The van der Waals surface area contributed by atoms with Gasteiger partial charge in [-0.25, -0.2) is 4.99 Å².